The highest BCUT2D eigenvalue weighted by molar-refractivity contribution is 6.26. The number of furan rings is 1. The van der Waals surface area contributed by atoms with Gasteiger partial charge in [-0.3, -0.25) is 4.57 Å². The molecule has 7 aromatic carbocycles. The second-order valence-corrected chi connectivity index (χ2v) is 17.5. The molecule has 1 aliphatic rings. The molecule has 6 heteroatoms. The first-order valence-corrected chi connectivity index (χ1v) is 20.6. The van der Waals surface area contributed by atoms with Gasteiger partial charge in [0.25, 0.3) is 0 Å². The molecule has 0 spiro atoms. The lowest BCUT2D eigenvalue weighted by molar-refractivity contribution is 0.332. The summed E-state index contributed by atoms with van der Waals surface area (Å²) >= 11 is 0. The largest absolute Gasteiger partial charge is 0.456 e. The van der Waals surface area contributed by atoms with E-state index in [2.05, 4.69) is 146 Å². The maximum Gasteiger partial charge on any atom is 0.238 e. The summed E-state index contributed by atoms with van der Waals surface area (Å²) in [5.74, 6) is 1.77. The molecule has 12 rings (SSSR count). The molecule has 0 atom stereocenters. The third kappa shape index (κ3) is 4.96. The first kappa shape index (κ1) is 34.0. The summed E-state index contributed by atoms with van der Waals surface area (Å²) < 4.78 is 11.1. The Labute approximate surface area is 341 Å². The molecule has 0 N–H and O–H groups in total. The van der Waals surface area contributed by atoms with Gasteiger partial charge in [0, 0.05) is 49.1 Å². The molecule has 0 saturated carbocycles. The molecule has 59 heavy (non-hydrogen) atoms. The van der Waals surface area contributed by atoms with E-state index in [0.29, 0.717) is 17.6 Å². The fourth-order valence-electron chi connectivity index (χ4n) is 9.94. The minimum absolute atomic E-state index is 0.0345. The minimum atomic E-state index is 0.0345. The van der Waals surface area contributed by atoms with Crippen molar-refractivity contribution in [3.05, 3.63) is 163 Å². The summed E-state index contributed by atoms with van der Waals surface area (Å²) in [5.41, 5.74) is 12.0. The number of hydrogen-bond donors (Lipinski definition) is 0. The quantitative estimate of drug-likeness (QED) is 0.179. The third-order valence-corrected chi connectivity index (χ3v) is 13.0. The van der Waals surface area contributed by atoms with Crippen molar-refractivity contribution in [3.63, 3.8) is 0 Å². The maximum absolute atomic E-state index is 6.36. The minimum Gasteiger partial charge on any atom is -0.456 e. The first-order valence-electron chi connectivity index (χ1n) is 20.6. The van der Waals surface area contributed by atoms with Gasteiger partial charge in [0.05, 0.1) is 22.1 Å². The standard InChI is InChI=1S/C53H41N5O/c1-52(2)28-29-53(3,4)40-31-43-38(30-39(40)52)47-42(57(43)33-18-9-6-10-19-33)27-26-35-34-20-11-13-23-41(34)58(48(35)47)51-55-49(32-16-7-5-8-17-32)54-50(56-51)37-22-15-25-45-46(37)36-21-12-14-24-44(36)59-45/h5-27,30-31H,28-29H2,1-4H3. The molecule has 11 aromatic rings. The lowest BCUT2D eigenvalue weighted by Gasteiger charge is -2.42. The number of fused-ring (bicyclic) bond motifs is 11. The molecule has 1 aliphatic carbocycles. The molecule has 0 fully saturated rings. The Hall–Kier alpha value is -7.05. The number of nitrogens with zero attached hydrogens (tertiary/aromatic N) is 5. The van der Waals surface area contributed by atoms with Gasteiger partial charge in [0.2, 0.25) is 5.95 Å². The summed E-state index contributed by atoms with van der Waals surface area (Å²) in [4.78, 5) is 16.1. The molecular formula is C53H41N5O. The monoisotopic (exact) mass is 763 g/mol. The van der Waals surface area contributed by atoms with Crippen molar-refractivity contribution in [2.45, 2.75) is 51.4 Å². The van der Waals surface area contributed by atoms with Crippen molar-refractivity contribution < 1.29 is 4.42 Å². The number of benzene rings is 7. The van der Waals surface area contributed by atoms with Crippen LogP contribution in [0.3, 0.4) is 0 Å². The van der Waals surface area contributed by atoms with Crippen LogP contribution in [0, 0.1) is 0 Å². The zero-order valence-corrected chi connectivity index (χ0v) is 33.5. The average Bonchev–Trinajstić information content (AvgIpc) is 3.93. The van der Waals surface area contributed by atoms with Gasteiger partial charge in [-0.2, -0.15) is 9.97 Å². The van der Waals surface area contributed by atoms with Gasteiger partial charge < -0.3 is 8.98 Å². The highest BCUT2D eigenvalue weighted by Gasteiger charge is 2.38. The molecule has 0 bridgehead atoms. The van der Waals surface area contributed by atoms with E-state index < -0.39 is 0 Å². The zero-order valence-electron chi connectivity index (χ0n) is 33.5. The highest BCUT2D eigenvalue weighted by atomic mass is 16.3. The van der Waals surface area contributed by atoms with Gasteiger partial charge in [-0.15, -0.1) is 0 Å². The first-order chi connectivity index (χ1) is 28.7. The lowest BCUT2D eigenvalue weighted by Crippen LogP contribution is -2.33. The highest BCUT2D eigenvalue weighted by Crippen LogP contribution is 2.50. The van der Waals surface area contributed by atoms with Crippen molar-refractivity contribution in [1.29, 1.82) is 0 Å². The summed E-state index contributed by atoms with van der Waals surface area (Å²) in [7, 11) is 0. The summed E-state index contributed by atoms with van der Waals surface area (Å²) in [6.07, 6.45) is 2.29. The van der Waals surface area contributed by atoms with E-state index in [4.69, 9.17) is 19.4 Å². The van der Waals surface area contributed by atoms with Crippen LogP contribution < -0.4 is 0 Å². The van der Waals surface area contributed by atoms with Crippen LogP contribution in [-0.4, -0.2) is 24.1 Å². The molecule has 0 radical (unpaired) electrons. The van der Waals surface area contributed by atoms with Crippen molar-refractivity contribution in [1.82, 2.24) is 24.1 Å². The van der Waals surface area contributed by atoms with Crippen molar-refractivity contribution in [2.75, 3.05) is 0 Å². The smallest absolute Gasteiger partial charge is 0.238 e. The van der Waals surface area contributed by atoms with Gasteiger partial charge in [0.1, 0.15) is 11.2 Å². The van der Waals surface area contributed by atoms with Gasteiger partial charge in [-0.05, 0) is 83.3 Å². The van der Waals surface area contributed by atoms with E-state index in [1.54, 1.807) is 0 Å². The lowest BCUT2D eigenvalue weighted by atomic mass is 9.63. The molecule has 0 amide bonds. The van der Waals surface area contributed by atoms with Gasteiger partial charge >= 0.3 is 0 Å². The summed E-state index contributed by atoms with van der Waals surface area (Å²) in [6.45, 7) is 9.65. The van der Waals surface area contributed by atoms with Gasteiger partial charge in [0.15, 0.2) is 11.6 Å². The fourth-order valence-corrected chi connectivity index (χ4v) is 9.94. The Morgan fingerprint density at radius 2 is 1.14 bits per heavy atom. The number of hydrogen-bond acceptors (Lipinski definition) is 4. The van der Waals surface area contributed by atoms with E-state index in [9.17, 15) is 0 Å². The predicted molar refractivity (Wildman–Crippen MR) is 242 cm³/mol. The molecule has 0 saturated heterocycles. The second-order valence-electron chi connectivity index (χ2n) is 17.5. The Morgan fingerprint density at radius 1 is 0.475 bits per heavy atom. The third-order valence-electron chi connectivity index (χ3n) is 13.0. The molecular weight excluding hydrogens is 723 g/mol. The van der Waals surface area contributed by atoms with Crippen LogP contribution in [0.4, 0.5) is 0 Å². The Bertz CT molecular complexity index is 3500. The van der Waals surface area contributed by atoms with Crippen LogP contribution in [0.2, 0.25) is 0 Å². The topological polar surface area (TPSA) is 61.7 Å². The molecule has 4 heterocycles. The molecule has 284 valence electrons. The second kappa shape index (κ2) is 12.2. The average molecular weight is 764 g/mol. The number of rotatable bonds is 4. The molecule has 0 unspecified atom stereocenters. The summed E-state index contributed by atoms with van der Waals surface area (Å²) in [5, 5.41) is 6.74. The van der Waals surface area contributed by atoms with Crippen LogP contribution in [-0.2, 0) is 10.8 Å². The van der Waals surface area contributed by atoms with Crippen LogP contribution in [0.5, 0.6) is 0 Å². The predicted octanol–water partition coefficient (Wildman–Crippen LogP) is 13.6. The van der Waals surface area contributed by atoms with Crippen LogP contribution in [0.1, 0.15) is 51.7 Å². The number of aromatic nitrogens is 5. The Morgan fingerprint density at radius 3 is 1.93 bits per heavy atom. The Balaban J connectivity index is 1.25. The van der Waals surface area contributed by atoms with E-state index in [1.165, 1.54) is 27.4 Å². The number of para-hydroxylation sites is 3. The van der Waals surface area contributed by atoms with E-state index in [1.807, 2.05) is 42.5 Å². The Kier molecular flexibility index (Phi) is 7.05. The van der Waals surface area contributed by atoms with E-state index >= 15 is 0 Å². The van der Waals surface area contributed by atoms with Gasteiger partial charge in [-0.1, -0.05) is 131 Å². The van der Waals surface area contributed by atoms with Crippen LogP contribution in [0.15, 0.2) is 156 Å². The van der Waals surface area contributed by atoms with E-state index in [0.717, 1.165) is 78.9 Å². The van der Waals surface area contributed by atoms with Crippen LogP contribution in [0.25, 0.3) is 100.0 Å². The van der Waals surface area contributed by atoms with Gasteiger partial charge in [-0.25, -0.2) is 4.98 Å². The SMILES string of the molecule is CC1(C)CCC(C)(C)c2cc3c(cc21)c1c(ccc2c4ccccc4n(-c4nc(-c5ccccc5)nc(-c5cccc6oc7ccccc7c56)n4)c21)n3-c1ccccc1. The maximum atomic E-state index is 6.36. The molecule has 6 nitrogen and oxygen atoms in total. The normalized spacial score (nSPS) is 14.9. The fraction of sp³-hybridized carbons (Fsp3) is 0.151. The van der Waals surface area contributed by atoms with Crippen molar-refractivity contribution in [2.24, 2.45) is 0 Å². The molecule has 4 aromatic heterocycles. The zero-order chi connectivity index (χ0) is 39.6. The van der Waals surface area contributed by atoms with E-state index in [-0.39, 0.29) is 10.8 Å². The van der Waals surface area contributed by atoms with Crippen molar-refractivity contribution >= 4 is 65.6 Å². The summed E-state index contributed by atoms with van der Waals surface area (Å²) in [6, 6.07) is 53.7. The molecule has 0 aliphatic heterocycles. The van der Waals surface area contributed by atoms with Crippen LogP contribution >= 0.6 is 0 Å². The van der Waals surface area contributed by atoms with Crippen molar-refractivity contribution in [3.8, 4) is 34.4 Å².